The van der Waals surface area contributed by atoms with E-state index in [1.54, 1.807) is 6.20 Å². The Balaban J connectivity index is 2.14. The molecule has 5 heteroatoms. The number of carboxylic acid groups (broad SMARTS) is 1. The Labute approximate surface area is 154 Å². The molecule has 0 saturated carbocycles. The second-order valence-electron chi connectivity index (χ2n) is 7.99. The van der Waals surface area contributed by atoms with Crippen LogP contribution in [-0.2, 0) is 5.60 Å². The molecule has 1 aliphatic heterocycles. The maximum atomic E-state index is 11.9. The monoisotopic (exact) mass is 354 g/mol. The van der Waals surface area contributed by atoms with Crippen molar-refractivity contribution in [3.8, 4) is 0 Å². The topological polar surface area (TPSA) is 73.7 Å². The average molecular weight is 354 g/mol. The lowest BCUT2D eigenvalue weighted by Crippen LogP contribution is -2.63. The van der Waals surface area contributed by atoms with Gasteiger partial charge in [0.2, 0.25) is 0 Å². The molecule has 0 aliphatic carbocycles. The molecule has 1 atom stereocenters. The molecule has 2 heterocycles. The third kappa shape index (κ3) is 2.91. The molecule has 2 aromatic rings. The van der Waals surface area contributed by atoms with Gasteiger partial charge in [-0.05, 0) is 30.2 Å². The predicted octanol–water partition coefficient (Wildman–Crippen LogP) is 3.09. The van der Waals surface area contributed by atoms with Crippen molar-refractivity contribution in [1.29, 1.82) is 0 Å². The summed E-state index contributed by atoms with van der Waals surface area (Å²) in [5, 5.41) is 21.3. The number of nitrogens with zero attached hydrogens (tertiary/aromatic N) is 2. The highest BCUT2D eigenvalue weighted by Crippen LogP contribution is 2.50. The molecule has 3 rings (SSSR count). The summed E-state index contributed by atoms with van der Waals surface area (Å²) in [7, 11) is 2.01. The molecule has 0 bridgehead atoms. The summed E-state index contributed by atoms with van der Waals surface area (Å²) in [6.07, 6.45) is 2.88. The Morgan fingerprint density at radius 3 is 2.31 bits per heavy atom. The molecule has 0 spiro atoms. The largest absolute Gasteiger partial charge is 0.478 e. The van der Waals surface area contributed by atoms with Crippen molar-refractivity contribution in [2.45, 2.75) is 32.3 Å². The molecule has 1 aromatic carbocycles. The van der Waals surface area contributed by atoms with Gasteiger partial charge in [-0.1, -0.05) is 45.0 Å². The van der Waals surface area contributed by atoms with Gasteiger partial charge < -0.3 is 15.1 Å². The molecule has 1 aromatic heterocycles. The van der Waals surface area contributed by atoms with E-state index in [-0.39, 0.29) is 5.56 Å². The number of likely N-dealkylation sites (tertiary alicyclic amines) is 1. The van der Waals surface area contributed by atoms with E-state index in [4.69, 9.17) is 0 Å². The number of aromatic carboxylic acids is 1. The summed E-state index contributed by atoms with van der Waals surface area (Å²) >= 11 is 0. The van der Waals surface area contributed by atoms with Gasteiger partial charge in [0.05, 0.1) is 5.56 Å². The second kappa shape index (κ2) is 6.49. The first-order valence-electron chi connectivity index (χ1n) is 8.87. The highest BCUT2D eigenvalue weighted by Gasteiger charge is 2.55. The minimum Gasteiger partial charge on any atom is -0.478 e. The van der Waals surface area contributed by atoms with E-state index in [0.717, 1.165) is 5.56 Å². The van der Waals surface area contributed by atoms with Crippen LogP contribution < -0.4 is 0 Å². The highest BCUT2D eigenvalue weighted by molar-refractivity contribution is 5.87. The van der Waals surface area contributed by atoms with Crippen LogP contribution in [0.3, 0.4) is 0 Å². The SMILES string of the molecule is CC(C)c1ccc(C(O)(c2cncc(C(=O)O)c2)C2(C)CN(C)C2)cc1. The average Bonchev–Trinajstić information content (AvgIpc) is 2.59. The van der Waals surface area contributed by atoms with E-state index in [1.807, 2.05) is 38.2 Å². The van der Waals surface area contributed by atoms with Crippen LogP contribution in [0.4, 0.5) is 0 Å². The first-order chi connectivity index (χ1) is 12.2. The van der Waals surface area contributed by atoms with Gasteiger partial charge in [0.1, 0.15) is 5.60 Å². The number of hydrogen-bond donors (Lipinski definition) is 2. The molecule has 26 heavy (non-hydrogen) atoms. The first kappa shape index (κ1) is 18.5. The molecule has 138 valence electrons. The van der Waals surface area contributed by atoms with Crippen LogP contribution in [0.1, 0.15) is 53.7 Å². The number of hydrogen-bond acceptors (Lipinski definition) is 4. The van der Waals surface area contributed by atoms with Crippen molar-refractivity contribution in [2.75, 3.05) is 20.1 Å². The Hall–Kier alpha value is -2.24. The van der Waals surface area contributed by atoms with Gasteiger partial charge in [0.25, 0.3) is 0 Å². The Kier molecular flexibility index (Phi) is 4.63. The van der Waals surface area contributed by atoms with Crippen molar-refractivity contribution >= 4 is 5.97 Å². The molecule has 1 saturated heterocycles. The van der Waals surface area contributed by atoms with Crippen LogP contribution in [0.25, 0.3) is 0 Å². The molecule has 1 aliphatic rings. The summed E-state index contributed by atoms with van der Waals surface area (Å²) in [5.74, 6) is -0.646. The first-order valence-corrected chi connectivity index (χ1v) is 8.87. The second-order valence-corrected chi connectivity index (χ2v) is 7.99. The van der Waals surface area contributed by atoms with Crippen molar-refractivity contribution in [2.24, 2.45) is 5.41 Å². The summed E-state index contributed by atoms with van der Waals surface area (Å²) in [5.41, 5.74) is 0.820. The number of rotatable bonds is 5. The molecule has 1 unspecified atom stereocenters. The molecule has 1 fully saturated rings. The number of pyridine rings is 1. The molecule has 2 N–H and O–H groups in total. The van der Waals surface area contributed by atoms with E-state index in [2.05, 4.69) is 23.7 Å². The lowest BCUT2D eigenvalue weighted by molar-refractivity contribution is -0.127. The number of aromatic nitrogens is 1. The zero-order chi connectivity index (χ0) is 19.1. The van der Waals surface area contributed by atoms with E-state index in [0.29, 0.717) is 24.6 Å². The zero-order valence-electron chi connectivity index (χ0n) is 15.7. The number of carboxylic acids is 1. The van der Waals surface area contributed by atoms with Gasteiger partial charge in [-0.3, -0.25) is 4.98 Å². The Morgan fingerprint density at radius 1 is 1.19 bits per heavy atom. The summed E-state index contributed by atoms with van der Waals surface area (Å²) < 4.78 is 0. The van der Waals surface area contributed by atoms with Crippen LogP contribution in [-0.4, -0.2) is 46.2 Å². The van der Waals surface area contributed by atoms with Gasteiger partial charge in [-0.2, -0.15) is 0 Å². The number of aliphatic hydroxyl groups is 1. The van der Waals surface area contributed by atoms with Crippen LogP contribution in [0.5, 0.6) is 0 Å². The fraction of sp³-hybridized carbons (Fsp3) is 0.429. The lowest BCUT2D eigenvalue weighted by Gasteiger charge is -2.55. The van der Waals surface area contributed by atoms with E-state index < -0.39 is 17.0 Å². The summed E-state index contributed by atoms with van der Waals surface area (Å²) in [4.78, 5) is 17.6. The fourth-order valence-corrected chi connectivity index (χ4v) is 4.10. The molecule has 0 radical (unpaired) electrons. The van der Waals surface area contributed by atoms with E-state index >= 15 is 0 Å². The van der Waals surface area contributed by atoms with Gasteiger partial charge in [-0.25, -0.2) is 4.79 Å². The lowest BCUT2D eigenvalue weighted by atomic mass is 9.62. The van der Waals surface area contributed by atoms with Crippen LogP contribution in [0, 0.1) is 5.41 Å². The smallest absolute Gasteiger partial charge is 0.337 e. The highest BCUT2D eigenvalue weighted by atomic mass is 16.4. The minimum atomic E-state index is -1.31. The minimum absolute atomic E-state index is 0.0796. The number of benzene rings is 1. The maximum absolute atomic E-state index is 11.9. The Morgan fingerprint density at radius 2 is 1.81 bits per heavy atom. The van der Waals surface area contributed by atoms with E-state index in [1.165, 1.54) is 17.8 Å². The van der Waals surface area contributed by atoms with Crippen LogP contribution >= 0.6 is 0 Å². The fourth-order valence-electron chi connectivity index (χ4n) is 4.10. The quantitative estimate of drug-likeness (QED) is 0.863. The van der Waals surface area contributed by atoms with Crippen molar-refractivity contribution in [1.82, 2.24) is 9.88 Å². The summed E-state index contributed by atoms with van der Waals surface area (Å²) in [6.45, 7) is 7.73. The Bertz CT molecular complexity index is 810. The van der Waals surface area contributed by atoms with Crippen LogP contribution in [0.2, 0.25) is 0 Å². The standard InChI is InChI=1S/C21H26N2O3/c1-14(2)15-5-7-17(8-6-15)21(26,20(3)12-23(4)13-20)18-9-16(19(24)25)10-22-11-18/h5-11,14,26H,12-13H2,1-4H3,(H,24,25). The number of carbonyl (C=O) groups is 1. The van der Waals surface area contributed by atoms with Gasteiger partial charge in [-0.15, -0.1) is 0 Å². The molecular formula is C21H26N2O3. The maximum Gasteiger partial charge on any atom is 0.337 e. The van der Waals surface area contributed by atoms with Gasteiger partial charge in [0.15, 0.2) is 0 Å². The summed E-state index contributed by atoms with van der Waals surface area (Å²) in [6, 6.07) is 9.50. The van der Waals surface area contributed by atoms with Crippen molar-refractivity contribution < 1.29 is 15.0 Å². The normalized spacial score (nSPS) is 19.0. The van der Waals surface area contributed by atoms with Crippen molar-refractivity contribution in [3.05, 3.63) is 65.0 Å². The zero-order valence-corrected chi connectivity index (χ0v) is 15.7. The van der Waals surface area contributed by atoms with Crippen LogP contribution in [0.15, 0.2) is 42.7 Å². The van der Waals surface area contributed by atoms with Crippen molar-refractivity contribution in [3.63, 3.8) is 0 Å². The van der Waals surface area contributed by atoms with Gasteiger partial charge >= 0.3 is 5.97 Å². The predicted molar refractivity (Wildman–Crippen MR) is 100 cm³/mol. The molecule has 5 nitrogen and oxygen atoms in total. The molecular weight excluding hydrogens is 328 g/mol. The van der Waals surface area contributed by atoms with E-state index in [9.17, 15) is 15.0 Å². The van der Waals surface area contributed by atoms with Gasteiger partial charge in [0, 0.05) is 36.5 Å². The molecule has 0 amide bonds. The third-order valence-corrected chi connectivity index (χ3v) is 5.51. The third-order valence-electron chi connectivity index (χ3n) is 5.51.